The van der Waals surface area contributed by atoms with Gasteiger partial charge < -0.3 is 24.5 Å². The highest BCUT2D eigenvalue weighted by Crippen LogP contribution is 2.50. The molecule has 4 heterocycles. The molecular weight excluding hydrogens is 414 g/mol. The van der Waals surface area contributed by atoms with E-state index in [0.717, 1.165) is 61.6 Å². The molecule has 6 nitrogen and oxygen atoms in total. The second-order valence-electron chi connectivity index (χ2n) is 9.91. The van der Waals surface area contributed by atoms with Crippen LogP contribution in [0, 0.1) is 6.92 Å². The zero-order chi connectivity index (χ0) is 22.6. The van der Waals surface area contributed by atoms with Crippen molar-refractivity contribution in [1.82, 2.24) is 9.47 Å². The Hall–Kier alpha value is -2.96. The number of phenolic OH excluding ortho intramolecular Hbond substituents is 1. The summed E-state index contributed by atoms with van der Waals surface area (Å²) in [6.07, 6.45) is 5.08. The average Bonchev–Trinajstić information content (AvgIpc) is 3.45. The molecule has 0 aliphatic carbocycles. The van der Waals surface area contributed by atoms with Gasteiger partial charge in [-0.25, -0.2) is 0 Å². The molecule has 0 radical (unpaired) electrons. The Morgan fingerprint density at radius 2 is 1.97 bits per heavy atom. The lowest BCUT2D eigenvalue weighted by atomic mass is 9.79. The van der Waals surface area contributed by atoms with E-state index in [1.54, 1.807) is 13.2 Å². The molecule has 3 aliphatic heterocycles. The number of aromatic nitrogens is 1. The van der Waals surface area contributed by atoms with Crippen molar-refractivity contribution in [2.75, 3.05) is 32.1 Å². The third-order valence-corrected chi connectivity index (χ3v) is 7.72. The Kier molecular flexibility index (Phi) is 4.71. The van der Waals surface area contributed by atoms with E-state index in [-0.39, 0.29) is 11.1 Å². The molecule has 172 valence electrons. The van der Waals surface area contributed by atoms with Gasteiger partial charge in [-0.05, 0) is 50.1 Å². The zero-order valence-corrected chi connectivity index (χ0v) is 19.3. The Balaban J connectivity index is 1.21. The summed E-state index contributed by atoms with van der Waals surface area (Å²) in [5, 5.41) is 14.1. The highest BCUT2D eigenvalue weighted by Gasteiger charge is 2.53. The summed E-state index contributed by atoms with van der Waals surface area (Å²) < 4.78 is 14.4. The van der Waals surface area contributed by atoms with Crippen LogP contribution in [0.15, 0.2) is 54.7 Å². The van der Waals surface area contributed by atoms with E-state index in [1.165, 1.54) is 11.3 Å². The number of piperidine rings is 1. The number of aryl methyl sites for hydroxylation is 1. The normalized spacial score (nSPS) is 23.3. The molecule has 33 heavy (non-hydrogen) atoms. The van der Waals surface area contributed by atoms with E-state index < -0.39 is 0 Å². The fourth-order valence-electron chi connectivity index (χ4n) is 5.95. The van der Waals surface area contributed by atoms with E-state index >= 15 is 0 Å². The van der Waals surface area contributed by atoms with Crippen LogP contribution in [0.2, 0.25) is 0 Å². The third-order valence-electron chi connectivity index (χ3n) is 7.72. The minimum absolute atomic E-state index is 0.121. The number of anilines is 1. The predicted octanol–water partition coefficient (Wildman–Crippen LogP) is 4.58. The number of rotatable bonds is 3. The minimum atomic E-state index is -0.236. The maximum absolute atomic E-state index is 10.3. The van der Waals surface area contributed by atoms with Crippen LogP contribution in [-0.2, 0) is 16.8 Å². The van der Waals surface area contributed by atoms with Gasteiger partial charge in [-0.2, -0.15) is 0 Å². The molecule has 3 aromatic rings. The second kappa shape index (κ2) is 7.54. The number of fused-ring (bicyclic) bond motifs is 4. The molecule has 2 N–H and O–H groups in total. The largest absolute Gasteiger partial charge is 0.508 e. The quantitative estimate of drug-likeness (QED) is 0.618. The van der Waals surface area contributed by atoms with Crippen molar-refractivity contribution in [3.63, 3.8) is 0 Å². The van der Waals surface area contributed by atoms with E-state index in [0.29, 0.717) is 12.4 Å². The summed E-state index contributed by atoms with van der Waals surface area (Å²) in [4.78, 5) is 2.44. The number of methoxy groups -OCH3 is 1. The first-order valence-corrected chi connectivity index (χ1v) is 11.8. The number of hydrogen-bond donors (Lipinski definition) is 2. The minimum Gasteiger partial charge on any atom is -0.508 e. The summed E-state index contributed by atoms with van der Waals surface area (Å²) in [7, 11) is 1.71. The maximum Gasteiger partial charge on any atom is 0.121 e. The summed E-state index contributed by atoms with van der Waals surface area (Å²) in [5.41, 5.74) is 5.34. The Morgan fingerprint density at radius 1 is 1.12 bits per heavy atom. The molecule has 0 amide bonds. The van der Waals surface area contributed by atoms with Crippen molar-refractivity contribution in [3.8, 4) is 17.2 Å². The molecule has 3 aliphatic rings. The van der Waals surface area contributed by atoms with Crippen molar-refractivity contribution in [1.29, 1.82) is 0 Å². The van der Waals surface area contributed by atoms with Crippen LogP contribution in [-0.4, -0.2) is 47.0 Å². The van der Waals surface area contributed by atoms with Crippen LogP contribution in [0.4, 0.5) is 5.69 Å². The van der Waals surface area contributed by atoms with Gasteiger partial charge in [-0.1, -0.05) is 17.7 Å². The SMILES string of the molecule is COc1ccc2c(c1)NC1(COC3(CCN(Cc4cc(C)ccc4O)CC3)C1)c1cccn1-2. The smallest absolute Gasteiger partial charge is 0.121 e. The van der Waals surface area contributed by atoms with Crippen LogP contribution < -0.4 is 10.1 Å². The van der Waals surface area contributed by atoms with Crippen LogP contribution in [0.25, 0.3) is 5.69 Å². The number of aromatic hydroxyl groups is 1. The van der Waals surface area contributed by atoms with Gasteiger partial charge in [0.25, 0.3) is 0 Å². The van der Waals surface area contributed by atoms with Gasteiger partial charge in [-0.15, -0.1) is 0 Å². The highest BCUT2D eigenvalue weighted by molar-refractivity contribution is 5.69. The Bertz CT molecular complexity index is 1200. The van der Waals surface area contributed by atoms with Crippen LogP contribution in [0.3, 0.4) is 0 Å². The number of likely N-dealkylation sites (tertiary alicyclic amines) is 1. The molecule has 2 spiro atoms. The van der Waals surface area contributed by atoms with E-state index in [1.807, 2.05) is 12.1 Å². The van der Waals surface area contributed by atoms with Crippen molar-refractivity contribution in [2.45, 2.75) is 43.9 Å². The lowest BCUT2D eigenvalue weighted by Crippen LogP contribution is -2.46. The molecule has 2 saturated heterocycles. The number of nitrogens with one attached hydrogen (secondary N) is 1. The van der Waals surface area contributed by atoms with Crippen molar-refractivity contribution in [2.24, 2.45) is 0 Å². The van der Waals surface area contributed by atoms with Crippen molar-refractivity contribution in [3.05, 3.63) is 71.5 Å². The van der Waals surface area contributed by atoms with Gasteiger partial charge in [0.1, 0.15) is 17.0 Å². The van der Waals surface area contributed by atoms with Gasteiger partial charge >= 0.3 is 0 Å². The van der Waals surface area contributed by atoms with Crippen LogP contribution in [0.5, 0.6) is 11.5 Å². The Labute approximate surface area is 194 Å². The second-order valence-corrected chi connectivity index (χ2v) is 9.91. The molecule has 1 unspecified atom stereocenters. The Morgan fingerprint density at radius 3 is 2.79 bits per heavy atom. The lowest BCUT2D eigenvalue weighted by molar-refractivity contribution is -0.0452. The van der Waals surface area contributed by atoms with Crippen LogP contribution >= 0.6 is 0 Å². The highest BCUT2D eigenvalue weighted by atomic mass is 16.5. The number of hydrogen-bond acceptors (Lipinski definition) is 5. The van der Waals surface area contributed by atoms with Gasteiger partial charge in [0.15, 0.2) is 0 Å². The van der Waals surface area contributed by atoms with Gasteiger partial charge in [-0.3, -0.25) is 4.90 Å². The predicted molar refractivity (Wildman–Crippen MR) is 128 cm³/mol. The number of nitrogens with zero attached hydrogens (tertiary/aromatic N) is 2. The molecule has 0 bridgehead atoms. The summed E-state index contributed by atoms with van der Waals surface area (Å²) in [6.45, 7) is 5.44. The third kappa shape index (κ3) is 3.40. The van der Waals surface area contributed by atoms with Gasteiger partial charge in [0.2, 0.25) is 0 Å². The van der Waals surface area contributed by atoms with Crippen LogP contribution in [0.1, 0.15) is 36.1 Å². The summed E-state index contributed by atoms with van der Waals surface area (Å²) >= 11 is 0. The maximum atomic E-state index is 10.3. The molecule has 6 heteroatoms. The first-order valence-electron chi connectivity index (χ1n) is 11.8. The molecule has 1 aromatic heterocycles. The van der Waals surface area contributed by atoms with E-state index in [4.69, 9.17) is 9.47 Å². The molecule has 2 aromatic carbocycles. The van der Waals surface area contributed by atoms with Crippen molar-refractivity contribution >= 4 is 5.69 Å². The molecule has 6 rings (SSSR count). The standard InChI is InChI=1S/C27H31N3O3/c1-19-5-8-24(31)20(14-19)16-29-12-9-26(10-13-29)17-27(18-33-26)25-4-3-11-30(25)23-7-6-21(32-2)15-22(23)28-27/h3-8,11,14-15,28,31H,9-10,12-13,16-18H2,1-2H3. The van der Waals surface area contributed by atoms with E-state index in [2.05, 4.69) is 58.2 Å². The fourth-order valence-corrected chi connectivity index (χ4v) is 5.95. The lowest BCUT2D eigenvalue weighted by Gasteiger charge is -2.41. The number of phenols is 1. The topological polar surface area (TPSA) is 58.9 Å². The van der Waals surface area contributed by atoms with Gasteiger partial charge in [0, 0.05) is 43.9 Å². The first-order chi connectivity index (χ1) is 16.0. The summed E-state index contributed by atoms with van der Waals surface area (Å²) in [6, 6.07) is 16.4. The van der Waals surface area contributed by atoms with Gasteiger partial charge in [0.05, 0.1) is 36.4 Å². The molecule has 0 saturated carbocycles. The summed E-state index contributed by atoms with van der Waals surface area (Å²) in [5.74, 6) is 1.24. The van der Waals surface area contributed by atoms with E-state index in [9.17, 15) is 5.11 Å². The molecular formula is C27H31N3O3. The number of benzene rings is 2. The average molecular weight is 446 g/mol. The zero-order valence-electron chi connectivity index (χ0n) is 19.3. The number of ether oxygens (including phenoxy) is 2. The molecule has 1 atom stereocenters. The molecule has 2 fully saturated rings. The van der Waals surface area contributed by atoms with Crippen molar-refractivity contribution < 1.29 is 14.6 Å². The first kappa shape index (κ1) is 20.6. The fraction of sp³-hybridized carbons (Fsp3) is 0.407. The monoisotopic (exact) mass is 445 g/mol.